The Balaban J connectivity index is 2.62. The van der Waals surface area contributed by atoms with Crippen molar-refractivity contribution in [2.24, 2.45) is 0 Å². The van der Waals surface area contributed by atoms with Gasteiger partial charge in [0.05, 0.1) is 6.26 Å². The molecule has 2 aromatic heterocycles. The van der Waals surface area contributed by atoms with E-state index in [4.69, 9.17) is 15.3 Å². The summed E-state index contributed by atoms with van der Waals surface area (Å²) in [4.78, 5) is 10.7. The van der Waals surface area contributed by atoms with E-state index >= 15 is 0 Å². The number of hydrogen-bond acceptors (Lipinski definition) is 5. The molecular formula is C8H6N2O4. The first-order valence-corrected chi connectivity index (χ1v) is 3.72. The van der Waals surface area contributed by atoms with Crippen LogP contribution in [0.5, 0.6) is 0 Å². The number of rotatable bonds is 2. The van der Waals surface area contributed by atoms with E-state index in [1.807, 2.05) is 0 Å². The highest BCUT2D eigenvalue weighted by atomic mass is 16.5. The van der Waals surface area contributed by atoms with Gasteiger partial charge in [-0.05, 0) is 12.1 Å². The van der Waals surface area contributed by atoms with E-state index < -0.39 is 5.97 Å². The van der Waals surface area contributed by atoms with Crippen LogP contribution in [0, 0.1) is 0 Å². The predicted octanol–water partition coefficient (Wildman–Crippen LogP) is 1.22. The number of carbonyl (C=O) groups is 1. The lowest BCUT2D eigenvalue weighted by molar-refractivity contribution is 0.0686. The molecule has 14 heavy (non-hydrogen) atoms. The van der Waals surface area contributed by atoms with Crippen molar-refractivity contribution in [1.82, 2.24) is 5.16 Å². The maximum absolute atomic E-state index is 10.7. The maximum atomic E-state index is 10.7. The number of hydrogen-bond donors (Lipinski definition) is 2. The molecular weight excluding hydrogens is 188 g/mol. The molecule has 0 atom stereocenters. The van der Waals surface area contributed by atoms with Gasteiger partial charge in [-0.15, -0.1) is 0 Å². The van der Waals surface area contributed by atoms with E-state index in [2.05, 4.69) is 9.68 Å². The van der Waals surface area contributed by atoms with Gasteiger partial charge in [0.25, 0.3) is 0 Å². The Hall–Kier alpha value is -2.24. The standard InChI is InChI=1S/C8H6N2O4/c9-7-5(4-2-1-3-13-4)6(8(11)12)10-14-7/h1-3H,9H2,(H,11,12). The molecule has 0 amide bonds. The topological polar surface area (TPSA) is 102 Å². The lowest BCUT2D eigenvalue weighted by Gasteiger charge is -1.92. The highest BCUT2D eigenvalue weighted by Crippen LogP contribution is 2.29. The Bertz CT molecular complexity index is 458. The Morgan fingerprint density at radius 1 is 1.57 bits per heavy atom. The van der Waals surface area contributed by atoms with Crippen LogP contribution in [-0.4, -0.2) is 16.2 Å². The average Bonchev–Trinajstić information content (AvgIpc) is 2.71. The van der Waals surface area contributed by atoms with E-state index in [9.17, 15) is 4.79 Å². The molecule has 0 saturated heterocycles. The van der Waals surface area contributed by atoms with Gasteiger partial charge in [0, 0.05) is 0 Å². The van der Waals surface area contributed by atoms with Gasteiger partial charge in [0.2, 0.25) is 11.6 Å². The fourth-order valence-corrected chi connectivity index (χ4v) is 1.11. The van der Waals surface area contributed by atoms with E-state index in [0.717, 1.165) is 0 Å². The number of aromatic nitrogens is 1. The largest absolute Gasteiger partial charge is 0.476 e. The Kier molecular flexibility index (Phi) is 1.74. The smallest absolute Gasteiger partial charge is 0.358 e. The summed E-state index contributed by atoms with van der Waals surface area (Å²) in [6.45, 7) is 0. The summed E-state index contributed by atoms with van der Waals surface area (Å²) in [6, 6.07) is 3.20. The van der Waals surface area contributed by atoms with Crippen LogP contribution in [0.2, 0.25) is 0 Å². The lowest BCUT2D eigenvalue weighted by atomic mass is 10.2. The molecule has 72 valence electrons. The SMILES string of the molecule is Nc1onc(C(=O)O)c1-c1ccco1. The zero-order valence-corrected chi connectivity index (χ0v) is 6.93. The van der Waals surface area contributed by atoms with Gasteiger partial charge in [-0.2, -0.15) is 0 Å². The molecule has 0 spiro atoms. The summed E-state index contributed by atoms with van der Waals surface area (Å²) in [5, 5.41) is 12.1. The van der Waals surface area contributed by atoms with E-state index in [0.29, 0.717) is 5.76 Å². The number of nitrogens with zero attached hydrogens (tertiary/aromatic N) is 1. The van der Waals surface area contributed by atoms with Crippen LogP contribution < -0.4 is 5.73 Å². The molecule has 2 heterocycles. The first kappa shape index (κ1) is 8.36. The first-order valence-electron chi connectivity index (χ1n) is 3.72. The number of nitrogen functional groups attached to an aromatic ring is 1. The molecule has 3 N–H and O–H groups in total. The summed E-state index contributed by atoms with van der Waals surface area (Å²) in [5.74, 6) is -0.963. The molecule has 2 aromatic rings. The molecule has 0 radical (unpaired) electrons. The minimum Gasteiger partial charge on any atom is -0.476 e. The molecule has 6 nitrogen and oxygen atoms in total. The number of furan rings is 1. The van der Waals surface area contributed by atoms with Crippen molar-refractivity contribution in [3.05, 3.63) is 24.1 Å². The van der Waals surface area contributed by atoms with Crippen molar-refractivity contribution in [3.63, 3.8) is 0 Å². The summed E-state index contributed by atoms with van der Waals surface area (Å²) >= 11 is 0. The molecule has 0 aromatic carbocycles. The van der Waals surface area contributed by atoms with Crippen LogP contribution in [0.4, 0.5) is 5.88 Å². The minimum absolute atomic E-state index is 0.0719. The summed E-state index contributed by atoms with van der Waals surface area (Å²) in [5.41, 5.74) is 5.33. The van der Waals surface area contributed by atoms with Crippen LogP contribution >= 0.6 is 0 Å². The molecule has 0 saturated carbocycles. The van der Waals surface area contributed by atoms with Gasteiger partial charge in [-0.3, -0.25) is 0 Å². The molecule has 0 fully saturated rings. The van der Waals surface area contributed by atoms with Crippen molar-refractivity contribution in [3.8, 4) is 11.3 Å². The zero-order valence-electron chi connectivity index (χ0n) is 6.93. The second-order valence-electron chi connectivity index (χ2n) is 2.55. The fraction of sp³-hybridized carbons (Fsp3) is 0. The van der Waals surface area contributed by atoms with Crippen molar-refractivity contribution >= 4 is 11.9 Å². The zero-order chi connectivity index (χ0) is 10.1. The van der Waals surface area contributed by atoms with Crippen molar-refractivity contribution in [1.29, 1.82) is 0 Å². The highest BCUT2D eigenvalue weighted by Gasteiger charge is 2.22. The molecule has 6 heteroatoms. The third-order valence-electron chi connectivity index (χ3n) is 1.69. The van der Waals surface area contributed by atoms with Gasteiger partial charge < -0.3 is 19.8 Å². The Morgan fingerprint density at radius 2 is 2.36 bits per heavy atom. The third kappa shape index (κ3) is 1.13. The van der Waals surface area contributed by atoms with E-state index in [1.165, 1.54) is 6.26 Å². The molecule has 0 aliphatic heterocycles. The third-order valence-corrected chi connectivity index (χ3v) is 1.69. The van der Waals surface area contributed by atoms with E-state index in [1.54, 1.807) is 12.1 Å². The van der Waals surface area contributed by atoms with Crippen molar-refractivity contribution in [2.75, 3.05) is 5.73 Å². The highest BCUT2D eigenvalue weighted by molar-refractivity contribution is 5.95. The predicted molar refractivity (Wildman–Crippen MR) is 45.6 cm³/mol. The van der Waals surface area contributed by atoms with Gasteiger partial charge in [-0.1, -0.05) is 5.16 Å². The Morgan fingerprint density at radius 3 is 2.93 bits per heavy atom. The van der Waals surface area contributed by atoms with Crippen LogP contribution in [0.3, 0.4) is 0 Å². The number of carboxylic acid groups (broad SMARTS) is 1. The average molecular weight is 194 g/mol. The number of anilines is 1. The second kappa shape index (κ2) is 2.91. The quantitative estimate of drug-likeness (QED) is 0.744. The molecule has 2 rings (SSSR count). The van der Waals surface area contributed by atoms with Crippen LogP contribution in [0.1, 0.15) is 10.5 Å². The number of carboxylic acids is 1. The number of aromatic carboxylic acids is 1. The van der Waals surface area contributed by atoms with Gasteiger partial charge in [0.15, 0.2) is 0 Å². The van der Waals surface area contributed by atoms with Gasteiger partial charge >= 0.3 is 5.97 Å². The Labute approximate surface area is 77.9 Å². The van der Waals surface area contributed by atoms with Crippen molar-refractivity contribution in [2.45, 2.75) is 0 Å². The maximum Gasteiger partial charge on any atom is 0.358 e. The molecule has 0 bridgehead atoms. The van der Waals surface area contributed by atoms with Gasteiger partial charge in [-0.25, -0.2) is 4.79 Å². The monoisotopic (exact) mass is 194 g/mol. The van der Waals surface area contributed by atoms with Crippen LogP contribution in [-0.2, 0) is 0 Å². The number of nitrogens with two attached hydrogens (primary N) is 1. The normalized spacial score (nSPS) is 10.3. The fourth-order valence-electron chi connectivity index (χ4n) is 1.11. The molecule has 0 aliphatic rings. The first-order chi connectivity index (χ1) is 6.70. The summed E-state index contributed by atoms with van der Waals surface area (Å²) < 4.78 is 9.57. The minimum atomic E-state index is -1.21. The van der Waals surface area contributed by atoms with E-state index in [-0.39, 0.29) is 17.1 Å². The van der Waals surface area contributed by atoms with Crippen molar-refractivity contribution < 1.29 is 18.8 Å². The summed E-state index contributed by atoms with van der Waals surface area (Å²) in [7, 11) is 0. The second-order valence-corrected chi connectivity index (χ2v) is 2.55. The van der Waals surface area contributed by atoms with Crippen LogP contribution in [0.25, 0.3) is 11.3 Å². The lowest BCUT2D eigenvalue weighted by Crippen LogP contribution is -1.99. The summed E-state index contributed by atoms with van der Waals surface area (Å²) in [6.07, 6.45) is 1.41. The molecule has 0 aliphatic carbocycles. The van der Waals surface area contributed by atoms with Gasteiger partial charge in [0.1, 0.15) is 11.3 Å². The molecule has 0 unspecified atom stereocenters. The van der Waals surface area contributed by atoms with Crippen LogP contribution in [0.15, 0.2) is 27.3 Å².